The molecule has 0 radical (unpaired) electrons. The molecule has 1 aromatic heterocycles. The number of rotatable bonds is 9. The van der Waals surface area contributed by atoms with Gasteiger partial charge in [-0.3, -0.25) is 4.79 Å². The van der Waals surface area contributed by atoms with Crippen LogP contribution in [0.25, 0.3) is 10.4 Å². The van der Waals surface area contributed by atoms with Crippen molar-refractivity contribution in [1.82, 2.24) is 0 Å². The molecule has 3 rings (SSSR count). The molecule has 1 amide bonds. The van der Waals surface area contributed by atoms with Crippen molar-refractivity contribution in [2.24, 2.45) is 0 Å². The predicted molar refractivity (Wildman–Crippen MR) is 122 cm³/mol. The van der Waals surface area contributed by atoms with E-state index in [1.54, 1.807) is 31.2 Å². The van der Waals surface area contributed by atoms with Crippen molar-refractivity contribution in [3.05, 3.63) is 71.6 Å². The van der Waals surface area contributed by atoms with Gasteiger partial charge in [-0.25, -0.2) is 13.2 Å². The van der Waals surface area contributed by atoms with Gasteiger partial charge in [0.1, 0.15) is 4.88 Å². The Morgan fingerprint density at radius 2 is 1.65 bits per heavy atom. The van der Waals surface area contributed by atoms with E-state index in [9.17, 15) is 18.0 Å². The topological polar surface area (TPSA) is 89.5 Å². The number of anilines is 1. The molecule has 0 aliphatic rings. The van der Waals surface area contributed by atoms with Crippen molar-refractivity contribution in [3.8, 4) is 10.4 Å². The van der Waals surface area contributed by atoms with Gasteiger partial charge < -0.3 is 10.1 Å². The van der Waals surface area contributed by atoms with Gasteiger partial charge in [-0.15, -0.1) is 11.3 Å². The first kappa shape index (κ1) is 22.7. The molecule has 0 fully saturated rings. The monoisotopic (exact) mass is 457 g/mol. The number of benzene rings is 2. The maximum absolute atomic E-state index is 12.5. The largest absolute Gasteiger partial charge is 0.462 e. The van der Waals surface area contributed by atoms with Crippen LogP contribution in [0, 0.1) is 0 Å². The molecule has 0 atom stereocenters. The van der Waals surface area contributed by atoms with E-state index in [1.807, 2.05) is 30.3 Å². The summed E-state index contributed by atoms with van der Waals surface area (Å²) < 4.78 is 29.8. The van der Waals surface area contributed by atoms with Gasteiger partial charge in [0.05, 0.1) is 22.9 Å². The summed E-state index contributed by atoms with van der Waals surface area (Å²) in [5.41, 5.74) is 1.30. The molecule has 1 heterocycles. The molecule has 0 aliphatic carbocycles. The molecule has 31 heavy (non-hydrogen) atoms. The highest BCUT2D eigenvalue weighted by Gasteiger charge is 2.20. The molecule has 1 N–H and O–H groups in total. The van der Waals surface area contributed by atoms with Crippen molar-refractivity contribution < 1.29 is 22.7 Å². The summed E-state index contributed by atoms with van der Waals surface area (Å²) in [5, 5.41) is 2.74. The highest BCUT2D eigenvalue weighted by molar-refractivity contribution is 7.91. The zero-order chi connectivity index (χ0) is 22.3. The molecule has 3 aromatic rings. The lowest BCUT2D eigenvalue weighted by Crippen LogP contribution is -2.16. The Bertz CT molecular complexity index is 1140. The van der Waals surface area contributed by atoms with E-state index in [2.05, 4.69) is 5.32 Å². The Labute approximate surface area is 185 Å². The van der Waals surface area contributed by atoms with Gasteiger partial charge in [0.2, 0.25) is 5.91 Å². The van der Waals surface area contributed by atoms with Gasteiger partial charge >= 0.3 is 5.97 Å². The summed E-state index contributed by atoms with van der Waals surface area (Å²) in [6.07, 6.45) is 0.193. The second kappa shape index (κ2) is 10.4. The molecule has 162 valence electrons. The number of esters is 1. The van der Waals surface area contributed by atoms with E-state index in [0.717, 1.165) is 10.4 Å². The van der Waals surface area contributed by atoms with Crippen molar-refractivity contribution in [1.29, 1.82) is 0 Å². The fraction of sp³-hybridized carbons (Fsp3) is 0.217. The summed E-state index contributed by atoms with van der Waals surface area (Å²) in [6.45, 7) is 1.94. The Balaban J connectivity index is 1.68. The second-order valence-corrected chi connectivity index (χ2v) is 9.88. The number of ether oxygens (including phenoxy) is 1. The van der Waals surface area contributed by atoms with Crippen LogP contribution < -0.4 is 5.32 Å². The first-order valence-corrected chi connectivity index (χ1v) is 12.3. The first-order chi connectivity index (χ1) is 14.9. The molecule has 0 saturated carbocycles. The minimum atomic E-state index is -3.44. The van der Waals surface area contributed by atoms with E-state index < -0.39 is 15.8 Å². The standard InChI is InChI=1S/C23H23NO5S2/c1-2-29-23(26)22-19(16-20(30-22)17-10-5-3-6-11-17)24-21(25)14-9-15-31(27,28)18-12-7-4-8-13-18/h3-8,10-13,16H,2,9,14-15H2,1H3,(H,24,25). The summed E-state index contributed by atoms with van der Waals surface area (Å²) in [5.74, 6) is -0.989. The van der Waals surface area contributed by atoms with E-state index in [4.69, 9.17) is 4.74 Å². The predicted octanol–water partition coefficient (Wildman–Crippen LogP) is 4.78. The lowest BCUT2D eigenvalue weighted by Gasteiger charge is -2.07. The number of sulfone groups is 1. The van der Waals surface area contributed by atoms with Crippen LogP contribution in [0.3, 0.4) is 0 Å². The number of hydrogen-bond acceptors (Lipinski definition) is 6. The van der Waals surface area contributed by atoms with Crippen molar-refractivity contribution in [3.63, 3.8) is 0 Å². The lowest BCUT2D eigenvalue weighted by atomic mass is 10.2. The number of carbonyl (C=O) groups excluding carboxylic acids is 2. The molecule has 8 heteroatoms. The third kappa shape index (κ3) is 6.02. The molecule has 0 saturated heterocycles. The van der Waals surface area contributed by atoms with Crippen LogP contribution in [-0.4, -0.2) is 32.7 Å². The minimum Gasteiger partial charge on any atom is -0.462 e. The summed E-state index contributed by atoms with van der Waals surface area (Å²) >= 11 is 1.24. The van der Waals surface area contributed by atoms with E-state index in [0.29, 0.717) is 10.6 Å². The van der Waals surface area contributed by atoms with Crippen LogP contribution in [0.4, 0.5) is 5.69 Å². The van der Waals surface area contributed by atoms with Gasteiger partial charge in [0.15, 0.2) is 9.84 Å². The molecule has 0 unspecified atom stereocenters. The van der Waals surface area contributed by atoms with Crippen molar-refractivity contribution in [2.45, 2.75) is 24.7 Å². The second-order valence-electron chi connectivity index (χ2n) is 6.72. The first-order valence-electron chi connectivity index (χ1n) is 9.84. The van der Waals surface area contributed by atoms with Crippen LogP contribution in [0.5, 0.6) is 0 Å². The average molecular weight is 458 g/mol. The van der Waals surface area contributed by atoms with Crippen LogP contribution in [0.15, 0.2) is 71.6 Å². The maximum atomic E-state index is 12.5. The van der Waals surface area contributed by atoms with Gasteiger partial charge in [-0.1, -0.05) is 48.5 Å². The van der Waals surface area contributed by atoms with Crippen LogP contribution in [0.2, 0.25) is 0 Å². The smallest absolute Gasteiger partial charge is 0.350 e. The summed E-state index contributed by atoms with van der Waals surface area (Å²) in [6, 6.07) is 19.4. The van der Waals surface area contributed by atoms with Crippen LogP contribution >= 0.6 is 11.3 Å². The van der Waals surface area contributed by atoms with Gasteiger partial charge in [0, 0.05) is 11.3 Å². The molecular weight excluding hydrogens is 434 g/mol. The highest BCUT2D eigenvalue weighted by atomic mass is 32.2. The summed E-state index contributed by atoms with van der Waals surface area (Å²) in [4.78, 5) is 26.2. The van der Waals surface area contributed by atoms with Crippen LogP contribution in [0.1, 0.15) is 29.4 Å². The molecule has 0 bridgehead atoms. The number of amides is 1. The maximum Gasteiger partial charge on any atom is 0.350 e. The SMILES string of the molecule is CCOC(=O)c1sc(-c2ccccc2)cc1NC(=O)CCCS(=O)(=O)c1ccccc1. The van der Waals surface area contributed by atoms with E-state index >= 15 is 0 Å². The fourth-order valence-corrected chi connectivity index (χ4v) is 5.30. The van der Waals surface area contributed by atoms with Crippen LogP contribution in [-0.2, 0) is 19.4 Å². The number of nitrogens with one attached hydrogen (secondary N) is 1. The zero-order valence-corrected chi connectivity index (χ0v) is 18.7. The highest BCUT2D eigenvalue weighted by Crippen LogP contribution is 2.35. The normalized spacial score (nSPS) is 11.1. The third-order valence-corrected chi connectivity index (χ3v) is 7.43. The molecular formula is C23H23NO5S2. The van der Waals surface area contributed by atoms with Crippen molar-refractivity contribution >= 4 is 38.7 Å². The molecule has 6 nitrogen and oxygen atoms in total. The Kier molecular flexibility index (Phi) is 7.59. The molecule has 0 spiro atoms. The van der Waals surface area contributed by atoms with E-state index in [1.165, 1.54) is 23.5 Å². The molecule has 0 aliphatic heterocycles. The lowest BCUT2D eigenvalue weighted by molar-refractivity contribution is -0.116. The average Bonchev–Trinajstić information content (AvgIpc) is 3.19. The third-order valence-electron chi connectivity index (χ3n) is 4.44. The Hall–Kier alpha value is -2.97. The van der Waals surface area contributed by atoms with Crippen molar-refractivity contribution in [2.75, 3.05) is 17.7 Å². The van der Waals surface area contributed by atoms with Gasteiger partial charge in [-0.05, 0) is 37.1 Å². The fourth-order valence-electron chi connectivity index (χ4n) is 2.96. The number of carbonyl (C=O) groups is 2. The minimum absolute atomic E-state index is 0.0187. The summed E-state index contributed by atoms with van der Waals surface area (Å²) in [7, 11) is -3.44. The quantitative estimate of drug-likeness (QED) is 0.467. The number of thiophene rings is 1. The molecule has 2 aromatic carbocycles. The van der Waals surface area contributed by atoms with Gasteiger partial charge in [0.25, 0.3) is 0 Å². The Morgan fingerprint density at radius 1 is 1.00 bits per heavy atom. The zero-order valence-electron chi connectivity index (χ0n) is 17.0. The van der Waals surface area contributed by atoms with E-state index in [-0.39, 0.29) is 36.0 Å². The Morgan fingerprint density at radius 3 is 2.29 bits per heavy atom. The van der Waals surface area contributed by atoms with Gasteiger partial charge in [-0.2, -0.15) is 0 Å². The number of hydrogen-bond donors (Lipinski definition) is 1.